The molecule has 0 aliphatic heterocycles. The molecule has 0 saturated heterocycles. The van der Waals surface area contributed by atoms with Crippen LogP contribution in [0.1, 0.15) is 5.56 Å². The van der Waals surface area contributed by atoms with Gasteiger partial charge in [-0.1, -0.05) is 0 Å². The number of sulfonamides is 1. The van der Waals surface area contributed by atoms with Crippen molar-refractivity contribution in [3.05, 3.63) is 48.4 Å². The zero-order valence-corrected chi connectivity index (χ0v) is 11.9. The molecule has 0 aromatic carbocycles. The number of aromatic nitrogens is 2. The summed E-state index contributed by atoms with van der Waals surface area (Å²) in [6, 6.07) is 7.06. The predicted octanol–water partition coefficient (Wildman–Crippen LogP) is 1.04. The van der Waals surface area contributed by atoms with Crippen LogP contribution in [0, 0.1) is 0 Å². The van der Waals surface area contributed by atoms with E-state index >= 15 is 0 Å². The smallest absolute Gasteiger partial charge is 0.260 e. The third kappa shape index (κ3) is 3.52. The fourth-order valence-electron chi connectivity index (χ4n) is 1.74. The van der Waals surface area contributed by atoms with Gasteiger partial charge in [-0.25, -0.2) is 18.1 Å². The van der Waals surface area contributed by atoms with E-state index in [1.807, 2.05) is 12.1 Å². The van der Waals surface area contributed by atoms with Gasteiger partial charge in [0.2, 0.25) is 0 Å². The lowest BCUT2D eigenvalue weighted by Crippen LogP contribution is -2.27. The highest BCUT2D eigenvalue weighted by Gasteiger charge is 2.18. The van der Waals surface area contributed by atoms with Gasteiger partial charge >= 0.3 is 0 Å². The maximum absolute atomic E-state index is 12.2. The molecule has 0 unspecified atom stereocenters. The SMILES string of the molecule is CNc1cccnc1S(=O)(=O)NCCc1ccncc1. The van der Waals surface area contributed by atoms with Crippen LogP contribution in [0.5, 0.6) is 0 Å². The fourth-order valence-corrected chi connectivity index (χ4v) is 2.91. The highest BCUT2D eigenvalue weighted by Crippen LogP contribution is 2.16. The summed E-state index contributed by atoms with van der Waals surface area (Å²) < 4.78 is 26.9. The number of nitrogens with zero attached hydrogens (tertiary/aromatic N) is 2. The van der Waals surface area contributed by atoms with E-state index in [0.29, 0.717) is 18.7 Å². The molecule has 106 valence electrons. The van der Waals surface area contributed by atoms with E-state index < -0.39 is 10.0 Å². The van der Waals surface area contributed by atoms with Crippen molar-refractivity contribution in [3.63, 3.8) is 0 Å². The quantitative estimate of drug-likeness (QED) is 0.831. The Labute approximate surface area is 118 Å². The summed E-state index contributed by atoms with van der Waals surface area (Å²) in [4.78, 5) is 7.84. The minimum absolute atomic E-state index is 0.0113. The van der Waals surface area contributed by atoms with Crippen LogP contribution in [0.25, 0.3) is 0 Å². The number of hydrogen-bond donors (Lipinski definition) is 2. The number of pyridine rings is 2. The van der Waals surface area contributed by atoms with Crippen LogP contribution in [0.15, 0.2) is 47.9 Å². The normalized spacial score (nSPS) is 11.2. The lowest BCUT2D eigenvalue weighted by Gasteiger charge is -2.09. The summed E-state index contributed by atoms with van der Waals surface area (Å²) in [6.45, 7) is 0.312. The Balaban J connectivity index is 2.04. The molecule has 2 N–H and O–H groups in total. The van der Waals surface area contributed by atoms with Crippen LogP contribution in [-0.2, 0) is 16.4 Å². The van der Waals surface area contributed by atoms with Gasteiger partial charge in [-0.3, -0.25) is 4.98 Å². The van der Waals surface area contributed by atoms with Crippen molar-refractivity contribution in [1.29, 1.82) is 0 Å². The Morgan fingerprint density at radius 1 is 1.15 bits per heavy atom. The molecule has 2 heterocycles. The van der Waals surface area contributed by atoms with E-state index in [2.05, 4.69) is 20.0 Å². The van der Waals surface area contributed by atoms with E-state index in [-0.39, 0.29) is 5.03 Å². The van der Waals surface area contributed by atoms with Crippen molar-refractivity contribution in [2.45, 2.75) is 11.4 Å². The second-order valence-corrected chi connectivity index (χ2v) is 5.79. The number of rotatable bonds is 6. The molecule has 20 heavy (non-hydrogen) atoms. The summed E-state index contributed by atoms with van der Waals surface area (Å²) in [7, 11) is -1.95. The molecule has 7 heteroatoms. The average molecular weight is 292 g/mol. The summed E-state index contributed by atoms with van der Waals surface area (Å²) in [5.41, 5.74) is 1.50. The topological polar surface area (TPSA) is 84.0 Å². The van der Waals surface area contributed by atoms with E-state index in [9.17, 15) is 8.42 Å². The Morgan fingerprint density at radius 3 is 2.60 bits per heavy atom. The molecule has 0 saturated carbocycles. The summed E-state index contributed by atoms with van der Waals surface area (Å²) in [5.74, 6) is 0. The minimum Gasteiger partial charge on any atom is -0.386 e. The second-order valence-electron chi connectivity index (χ2n) is 4.11. The number of nitrogens with one attached hydrogen (secondary N) is 2. The van der Waals surface area contributed by atoms with Crippen molar-refractivity contribution in [2.24, 2.45) is 0 Å². The zero-order valence-electron chi connectivity index (χ0n) is 11.1. The molecule has 0 aliphatic carbocycles. The lowest BCUT2D eigenvalue weighted by molar-refractivity contribution is 0.578. The molecule has 2 aromatic rings. The highest BCUT2D eigenvalue weighted by atomic mass is 32.2. The van der Waals surface area contributed by atoms with Crippen molar-refractivity contribution in [3.8, 4) is 0 Å². The van der Waals surface area contributed by atoms with Crippen LogP contribution < -0.4 is 10.0 Å². The van der Waals surface area contributed by atoms with Gasteiger partial charge in [0.25, 0.3) is 10.0 Å². The first-order chi connectivity index (χ1) is 9.63. The first-order valence-electron chi connectivity index (χ1n) is 6.15. The highest BCUT2D eigenvalue weighted by molar-refractivity contribution is 7.89. The minimum atomic E-state index is -3.61. The molecular formula is C13H16N4O2S. The van der Waals surface area contributed by atoms with Gasteiger partial charge in [-0.05, 0) is 36.2 Å². The third-order valence-corrected chi connectivity index (χ3v) is 4.17. The van der Waals surface area contributed by atoms with E-state index in [4.69, 9.17) is 0 Å². The van der Waals surface area contributed by atoms with Gasteiger partial charge in [0.05, 0.1) is 5.69 Å². The van der Waals surface area contributed by atoms with E-state index in [0.717, 1.165) is 5.56 Å². The first-order valence-corrected chi connectivity index (χ1v) is 7.63. The van der Waals surface area contributed by atoms with Crippen molar-refractivity contribution in [1.82, 2.24) is 14.7 Å². The third-order valence-electron chi connectivity index (χ3n) is 2.75. The molecule has 2 aromatic heterocycles. The summed E-state index contributed by atoms with van der Waals surface area (Å²) in [6.07, 6.45) is 5.42. The van der Waals surface area contributed by atoms with Gasteiger partial charge in [0, 0.05) is 32.2 Å². The van der Waals surface area contributed by atoms with Gasteiger partial charge < -0.3 is 5.32 Å². The molecule has 0 bridgehead atoms. The van der Waals surface area contributed by atoms with Crippen LogP contribution in [0.3, 0.4) is 0 Å². The number of anilines is 1. The molecule has 0 aliphatic rings. The van der Waals surface area contributed by atoms with Crippen LogP contribution in [-0.4, -0.2) is 32.0 Å². The van der Waals surface area contributed by atoms with Gasteiger partial charge in [0.1, 0.15) is 0 Å². The monoisotopic (exact) mass is 292 g/mol. The zero-order chi connectivity index (χ0) is 14.4. The molecule has 6 nitrogen and oxygen atoms in total. The molecular weight excluding hydrogens is 276 g/mol. The molecule has 0 radical (unpaired) electrons. The Bertz CT molecular complexity index is 659. The van der Waals surface area contributed by atoms with Crippen molar-refractivity contribution < 1.29 is 8.42 Å². The molecule has 0 spiro atoms. The summed E-state index contributed by atoms with van der Waals surface area (Å²) >= 11 is 0. The maximum Gasteiger partial charge on any atom is 0.260 e. The van der Waals surface area contributed by atoms with Crippen molar-refractivity contribution in [2.75, 3.05) is 18.9 Å². The Hall–Kier alpha value is -1.99. The molecule has 2 rings (SSSR count). The van der Waals surface area contributed by atoms with Gasteiger partial charge in [0.15, 0.2) is 5.03 Å². The summed E-state index contributed by atoms with van der Waals surface area (Å²) in [5, 5.41) is 2.83. The van der Waals surface area contributed by atoms with Crippen LogP contribution in [0.2, 0.25) is 0 Å². The molecule has 0 atom stereocenters. The van der Waals surface area contributed by atoms with E-state index in [1.165, 1.54) is 6.20 Å². The second kappa shape index (κ2) is 6.44. The molecule has 0 fully saturated rings. The Kier molecular flexibility index (Phi) is 4.65. The first kappa shape index (κ1) is 14.4. The van der Waals surface area contributed by atoms with Crippen LogP contribution in [0.4, 0.5) is 5.69 Å². The molecule has 0 amide bonds. The van der Waals surface area contributed by atoms with Gasteiger partial charge in [-0.15, -0.1) is 0 Å². The van der Waals surface area contributed by atoms with Crippen molar-refractivity contribution >= 4 is 15.7 Å². The van der Waals surface area contributed by atoms with E-state index in [1.54, 1.807) is 31.6 Å². The maximum atomic E-state index is 12.2. The Morgan fingerprint density at radius 2 is 1.90 bits per heavy atom. The average Bonchev–Trinajstić information content (AvgIpc) is 2.48. The van der Waals surface area contributed by atoms with Crippen LogP contribution >= 0.6 is 0 Å². The van der Waals surface area contributed by atoms with Gasteiger partial charge in [-0.2, -0.15) is 0 Å². The predicted molar refractivity (Wildman–Crippen MR) is 76.9 cm³/mol. The fraction of sp³-hybridized carbons (Fsp3) is 0.231. The number of hydrogen-bond acceptors (Lipinski definition) is 5. The lowest BCUT2D eigenvalue weighted by atomic mass is 10.2. The standard InChI is InChI=1S/C13H16N4O2S/c1-14-12-3-2-7-16-13(12)20(18,19)17-10-6-11-4-8-15-9-5-11/h2-5,7-9,14,17H,6,10H2,1H3. The largest absolute Gasteiger partial charge is 0.386 e.